The summed E-state index contributed by atoms with van der Waals surface area (Å²) in [4.78, 5) is 10.1. The molecule has 13 heavy (non-hydrogen) atoms. The Morgan fingerprint density at radius 3 is 2.69 bits per heavy atom. The average Bonchev–Trinajstić information content (AvgIpc) is 2.09. The Labute approximate surface area is 78.3 Å². The lowest BCUT2D eigenvalue weighted by molar-refractivity contribution is -0.108. The van der Waals surface area contributed by atoms with Gasteiger partial charge in [0.1, 0.15) is 0 Å². The number of benzene rings is 1. The molecule has 0 aliphatic rings. The van der Waals surface area contributed by atoms with Crippen LogP contribution < -0.4 is 5.32 Å². The standard InChI is InChI=1S/C11H13NO/c1-9-5-3-4-6-11(9)7-10(2)12-8-13/h3-8H,1-2H3,(H,12,13)/b10-7-. The smallest absolute Gasteiger partial charge is 0.211 e. The average molecular weight is 175 g/mol. The summed E-state index contributed by atoms with van der Waals surface area (Å²) in [6.45, 7) is 3.90. The SMILES string of the molecule is C/C(=C/c1ccccc1C)NC=O. The van der Waals surface area contributed by atoms with Crippen molar-refractivity contribution in [3.8, 4) is 0 Å². The van der Waals surface area contributed by atoms with Crippen molar-refractivity contribution in [3.05, 3.63) is 41.1 Å². The molecule has 0 radical (unpaired) electrons. The van der Waals surface area contributed by atoms with Crippen molar-refractivity contribution in [2.45, 2.75) is 13.8 Å². The van der Waals surface area contributed by atoms with Gasteiger partial charge in [-0.15, -0.1) is 0 Å². The first-order chi connectivity index (χ1) is 6.24. The zero-order valence-electron chi connectivity index (χ0n) is 7.87. The molecule has 0 saturated carbocycles. The van der Waals surface area contributed by atoms with Gasteiger partial charge in [0.25, 0.3) is 0 Å². The minimum absolute atomic E-state index is 0.685. The maximum atomic E-state index is 10.1. The van der Waals surface area contributed by atoms with Crippen molar-refractivity contribution in [1.82, 2.24) is 5.32 Å². The topological polar surface area (TPSA) is 29.1 Å². The molecule has 1 aromatic rings. The van der Waals surface area contributed by atoms with Crippen molar-refractivity contribution >= 4 is 12.5 Å². The molecule has 0 aliphatic carbocycles. The summed E-state index contributed by atoms with van der Waals surface area (Å²) in [6.07, 6.45) is 2.63. The fourth-order valence-electron chi connectivity index (χ4n) is 1.12. The van der Waals surface area contributed by atoms with Gasteiger partial charge in [0.15, 0.2) is 0 Å². The Bertz CT molecular complexity index is 329. The number of aryl methyl sites for hydroxylation is 1. The van der Waals surface area contributed by atoms with Gasteiger partial charge in [-0.1, -0.05) is 24.3 Å². The molecule has 68 valence electrons. The number of allylic oxidation sites excluding steroid dienone is 1. The maximum Gasteiger partial charge on any atom is 0.211 e. The zero-order valence-corrected chi connectivity index (χ0v) is 7.87. The van der Waals surface area contributed by atoms with Gasteiger partial charge in [-0.25, -0.2) is 0 Å². The summed E-state index contributed by atoms with van der Waals surface area (Å²) in [7, 11) is 0. The molecule has 1 amide bonds. The first kappa shape index (κ1) is 9.52. The van der Waals surface area contributed by atoms with E-state index in [-0.39, 0.29) is 0 Å². The van der Waals surface area contributed by atoms with E-state index in [2.05, 4.69) is 5.32 Å². The van der Waals surface area contributed by atoms with Crippen LogP contribution >= 0.6 is 0 Å². The van der Waals surface area contributed by atoms with E-state index in [4.69, 9.17) is 0 Å². The largest absolute Gasteiger partial charge is 0.333 e. The molecule has 1 rings (SSSR count). The summed E-state index contributed by atoms with van der Waals surface area (Å²) in [5.74, 6) is 0. The van der Waals surface area contributed by atoms with Crippen molar-refractivity contribution in [2.24, 2.45) is 0 Å². The highest BCUT2D eigenvalue weighted by molar-refractivity contribution is 5.60. The molecule has 0 unspecified atom stereocenters. The molecule has 2 heteroatoms. The quantitative estimate of drug-likeness (QED) is 0.700. The second-order valence-electron chi connectivity index (χ2n) is 2.95. The van der Waals surface area contributed by atoms with E-state index in [1.165, 1.54) is 5.56 Å². The highest BCUT2D eigenvalue weighted by Crippen LogP contribution is 2.10. The fraction of sp³-hybridized carbons (Fsp3) is 0.182. The van der Waals surface area contributed by atoms with Crippen molar-refractivity contribution in [3.63, 3.8) is 0 Å². The van der Waals surface area contributed by atoms with Crippen molar-refractivity contribution in [1.29, 1.82) is 0 Å². The van der Waals surface area contributed by atoms with E-state index in [0.717, 1.165) is 11.3 Å². The van der Waals surface area contributed by atoms with Crippen LogP contribution in [0, 0.1) is 6.92 Å². The molecule has 0 heterocycles. The number of hydrogen-bond acceptors (Lipinski definition) is 1. The molecular formula is C11H13NO. The van der Waals surface area contributed by atoms with Crippen LogP contribution in [0.5, 0.6) is 0 Å². The second-order valence-corrected chi connectivity index (χ2v) is 2.95. The molecule has 2 nitrogen and oxygen atoms in total. The van der Waals surface area contributed by atoms with Crippen molar-refractivity contribution < 1.29 is 4.79 Å². The number of carbonyl (C=O) groups excluding carboxylic acids is 1. The molecule has 0 saturated heterocycles. The molecule has 0 aliphatic heterocycles. The van der Waals surface area contributed by atoms with E-state index < -0.39 is 0 Å². The summed E-state index contributed by atoms with van der Waals surface area (Å²) < 4.78 is 0. The summed E-state index contributed by atoms with van der Waals surface area (Å²) >= 11 is 0. The van der Waals surface area contributed by atoms with E-state index in [9.17, 15) is 4.79 Å². The Morgan fingerprint density at radius 2 is 2.08 bits per heavy atom. The van der Waals surface area contributed by atoms with Crippen LogP contribution in [0.4, 0.5) is 0 Å². The molecule has 0 bridgehead atoms. The number of carbonyl (C=O) groups is 1. The van der Waals surface area contributed by atoms with E-state index >= 15 is 0 Å². The Balaban J connectivity index is 2.90. The van der Waals surface area contributed by atoms with E-state index in [0.29, 0.717) is 6.41 Å². The highest BCUT2D eigenvalue weighted by Gasteiger charge is 1.92. The third-order valence-corrected chi connectivity index (χ3v) is 1.85. The molecule has 0 atom stereocenters. The van der Waals surface area contributed by atoms with Crippen LogP contribution in [0.1, 0.15) is 18.1 Å². The van der Waals surface area contributed by atoms with Gasteiger partial charge in [-0.2, -0.15) is 0 Å². The van der Waals surface area contributed by atoms with Gasteiger partial charge in [-0.05, 0) is 31.1 Å². The van der Waals surface area contributed by atoms with E-state index in [1.807, 2.05) is 44.2 Å². The molecule has 0 aromatic heterocycles. The Hall–Kier alpha value is -1.57. The van der Waals surface area contributed by atoms with Gasteiger partial charge in [0.2, 0.25) is 6.41 Å². The third kappa shape index (κ3) is 2.75. The van der Waals surface area contributed by atoms with Crippen LogP contribution in [0.25, 0.3) is 6.08 Å². The Morgan fingerprint density at radius 1 is 1.38 bits per heavy atom. The zero-order chi connectivity index (χ0) is 9.68. The van der Waals surface area contributed by atoms with Gasteiger partial charge in [-0.3, -0.25) is 4.79 Å². The number of amides is 1. The fourth-order valence-corrected chi connectivity index (χ4v) is 1.12. The van der Waals surface area contributed by atoms with Crippen LogP contribution in [0.3, 0.4) is 0 Å². The lowest BCUT2D eigenvalue weighted by Crippen LogP contribution is -2.06. The van der Waals surface area contributed by atoms with Gasteiger partial charge >= 0.3 is 0 Å². The summed E-state index contributed by atoms with van der Waals surface area (Å²) in [6, 6.07) is 8.04. The minimum Gasteiger partial charge on any atom is -0.333 e. The van der Waals surface area contributed by atoms with Crippen LogP contribution in [-0.2, 0) is 4.79 Å². The number of hydrogen-bond donors (Lipinski definition) is 1. The van der Waals surface area contributed by atoms with Crippen LogP contribution in [0.2, 0.25) is 0 Å². The Kier molecular flexibility index (Phi) is 3.26. The monoisotopic (exact) mass is 175 g/mol. The number of nitrogens with one attached hydrogen (secondary N) is 1. The normalized spacial score (nSPS) is 11.1. The number of rotatable bonds is 3. The predicted octanol–water partition coefficient (Wildman–Crippen LogP) is 2.10. The van der Waals surface area contributed by atoms with Gasteiger partial charge < -0.3 is 5.32 Å². The summed E-state index contributed by atoms with van der Waals surface area (Å²) in [5.41, 5.74) is 3.19. The first-order valence-corrected chi connectivity index (χ1v) is 4.18. The highest BCUT2D eigenvalue weighted by atomic mass is 16.1. The van der Waals surface area contributed by atoms with E-state index in [1.54, 1.807) is 0 Å². The second kappa shape index (κ2) is 4.45. The summed E-state index contributed by atoms with van der Waals surface area (Å²) in [5, 5.41) is 2.60. The molecule has 0 fully saturated rings. The molecule has 1 N–H and O–H groups in total. The maximum absolute atomic E-state index is 10.1. The lowest BCUT2D eigenvalue weighted by Gasteiger charge is -2.01. The molecule has 1 aromatic carbocycles. The predicted molar refractivity (Wildman–Crippen MR) is 54.0 cm³/mol. The lowest BCUT2D eigenvalue weighted by atomic mass is 10.1. The van der Waals surface area contributed by atoms with Gasteiger partial charge in [0.05, 0.1) is 0 Å². The van der Waals surface area contributed by atoms with Gasteiger partial charge in [0, 0.05) is 5.70 Å². The molecular weight excluding hydrogens is 162 g/mol. The minimum atomic E-state index is 0.685. The molecule has 0 spiro atoms. The third-order valence-electron chi connectivity index (χ3n) is 1.85. The first-order valence-electron chi connectivity index (χ1n) is 4.18. The van der Waals surface area contributed by atoms with Crippen LogP contribution in [0.15, 0.2) is 30.0 Å². The van der Waals surface area contributed by atoms with Crippen molar-refractivity contribution in [2.75, 3.05) is 0 Å². The van der Waals surface area contributed by atoms with Crippen LogP contribution in [-0.4, -0.2) is 6.41 Å².